The molecule has 6 heteroatoms. The largest absolute Gasteiger partial charge is 0.334 e. The van der Waals surface area contributed by atoms with Crippen LogP contribution < -0.4 is 5.32 Å². The Kier molecular flexibility index (Phi) is 5.57. The van der Waals surface area contributed by atoms with Crippen LogP contribution >= 0.6 is 11.8 Å². The number of nitrogens with one attached hydrogen (secondary N) is 2. The second-order valence-electron chi connectivity index (χ2n) is 4.72. The first-order chi connectivity index (χ1) is 10.6. The van der Waals surface area contributed by atoms with Gasteiger partial charge in [0, 0.05) is 17.4 Å². The number of rotatable bonds is 2. The molecule has 0 aliphatic heterocycles. The van der Waals surface area contributed by atoms with E-state index < -0.39 is 0 Å². The lowest BCUT2D eigenvalue weighted by Gasteiger charge is -2.09. The summed E-state index contributed by atoms with van der Waals surface area (Å²) in [4.78, 5) is 8.36. The van der Waals surface area contributed by atoms with Crippen molar-refractivity contribution in [1.82, 2.24) is 0 Å². The topological polar surface area (TPSA) is 77.7 Å². The number of nitrogens with zero attached hydrogens (tertiary/aromatic N) is 1. The first-order valence-corrected chi connectivity index (χ1v) is 7.45. The standard InChI is InChI=1S/C16H17N3O2S/c1-11-3-7-13(8-4-11)18-16(22-15(17)21-20)19-14-9-5-12(2)6-10-14/h3-10,17,20H,1-2H3,(H,18,19). The number of amidine groups is 1. The van der Waals surface area contributed by atoms with Gasteiger partial charge in [-0.25, -0.2) is 10.2 Å². The molecule has 2 aromatic carbocycles. The molecule has 0 unspecified atom stereocenters. The maximum absolute atomic E-state index is 8.56. The van der Waals surface area contributed by atoms with E-state index in [1.54, 1.807) is 0 Å². The van der Waals surface area contributed by atoms with E-state index in [2.05, 4.69) is 15.2 Å². The molecule has 0 fully saturated rings. The SMILES string of the molecule is Cc1ccc(N=C(Nc2ccc(C)cc2)SC(=N)OO)cc1. The van der Waals surface area contributed by atoms with Crippen LogP contribution in [0.25, 0.3) is 0 Å². The predicted molar refractivity (Wildman–Crippen MR) is 92.1 cm³/mol. The van der Waals surface area contributed by atoms with Gasteiger partial charge in [-0.1, -0.05) is 35.4 Å². The molecule has 0 heterocycles. The molecule has 0 aliphatic rings. The summed E-state index contributed by atoms with van der Waals surface area (Å²) in [5.74, 6) is 0. The van der Waals surface area contributed by atoms with E-state index in [1.807, 2.05) is 62.4 Å². The number of hydrogen-bond donors (Lipinski definition) is 3. The van der Waals surface area contributed by atoms with Crippen molar-refractivity contribution in [2.45, 2.75) is 13.8 Å². The third kappa shape index (κ3) is 4.91. The van der Waals surface area contributed by atoms with Gasteiger partial charge in [0.15, 0.2) is 5.17 Å². The zero-order valence-corrected chi connectivity index (χ0v) is 13.1. The highest BCUT2D eigenvalue weighted by molar-refractivity contribution is 8.26. The second-order valence-corrected chi connectivity index (χ2v) is 5.69. The monoisotopic (exact) mass is 315 g/mol. The minimum absolute atomic E-state index is 0.356. The molecule has 0 radical (unpaired) electrons. The Labute approximate surface area is 133 Å². The van der Waals surface area contributed by atoms with Crippen LogP contribution in [0, 0.1) is 19.3 Å². The van der Waals surface area contributed by atoms with Crippen molar-refractivity contribution in [2.75, 3.05) is 5.32 Å². The van der Waals surface area contributed by atoms with Crippen LogP contribution in [0.4, 0.5) is 11.4 Å². The maximum atomic E-state index is 8.56. The molecular formula is C16H17N3O2S. The molecular weight excluding hydrogens is 298 g/mol. The van der Waals surface area contributed by atoms with Crippen molar-refractivity contribution < 1.29 is 10.1 Å². The summed E-state index contributed by atoms with van der Waals surface area (Å²) in [5, 5.41) is 19.2. The van der Waals surface area contributed by atoms with Crippen molar-refractivity contribution >= 4 is 33.5 Å². The van der Waals surface area contributed by atoms with Crippen LogP contribution in [0.2, 0.25) is 0 Å². The van der Waals surface area contributed by atoms with E-state index in [1.165, 1.54) is 0 Å². The van der Waals surface area contributed by atoms with Crippen molar-refractivity contribution in [3.05, 3.63) is 59.7 Å². The number of anilines is 1. The lowest BCUT2D eigenvalue weighted by atomic mass is 10.2. The zero-order valence-electron chi connectivity index (χ0n) is 12.3. The number of thioether (sulfide) groups is 1. The first-order valence-electron chi connectivity index (χ1n) is 6.63. The van der Waals surface area contributed by atoms with Crippen LogP contribution in [-0.4, -0.2) is 15.7 Å². The van der Waals surface area contributed by atoms with E-state index in [9.17, 15) is 0 Å². The Bertz CT molecular complexity index is 667. The average molecular weight is 315 g/mol. The summed E-state index contributed by atoms with van der Waals surface area (Å²) in [5.41, 5.74) is 3.89. The molecule has 0 bridgehead atoms. The Balaban J connectivity index is 2.23. The fourth-order valence-electron chi connectivity index (χ4n) is 1.68. The molecule has 0 aromatic heterocycles. The highest BCUT2D eigenvalue weighted by Gasteiger charge is 2.08. The molecule has 0 saturated heterocycles. The van der Waals surface area contributed by atoms with Crippen LogP contribution in [0.5, 0.6) is 0 Å². The summed E-state index contributed by atoms with van der Waals surface area (Å²) in [6.07, 6.45) is 0. The van der Waals surface area contributed by atoms with E-state index in [0.717, 1.165) is 34.3 Å². The minimum Gasteiger partial charge on any atom is -0.334 e. The number of hydrogen-bond acceptors (Lipinski definition) is 5. The average Bonchev–Trinajstić information content (AvgIpc) is 2.51. The molecule has 5 nitrogen and oxygen atoms in total. The summed E-state index contributed by atoms with van der Waals surface area (Å²) in [7, 11) is 0. The Morgan fingerprint density at radius 2 is 1.59 bits per heavy atom. The van der Waals surface area contributed by atoms with Gasteiger partial charge in [-0.15, -0.1) is 0 Å². The van der Waals surface area contributed by atoms with Gasteiger partial charge in [-0.2, -0.15) is 0 Å². The smallest absolute Gasteiger partial charge is 0.291 e. The quantitative estimate of drug-likeness (QED) is 0.328. The van der Waals surface area contributed by atoms with Gasteiger partial charge < -0.3 is 10.2 Å². The highest BCUT2D eigenvalue weighted by Crippen LogP contribution is 2.19. The molecule has 0 spiro atoms. The normalized spacial score (nSPS) is 11.1. The van der Waals surface area contributed by atoms with Gasteiger partial charge in [0.1, 0.15) is 0 Å². The van der Waals surface area contributed by atoms with Gasteiger partial charge in [0.2, 0.25) is 0 Å². The first kappa shape index (κ1) is 16.1. The molecule has 114 valence electrons. The zero-order chi connectivity index (χ0) is 15.9. The predicted octanol–water partition coefficient (Wildman–Crippen LogP) is 4.56. The molecule has 2 rings (SSSR count). The lowest BCUT2D eigenvalue weighted by Crippen LogP contribution is -2.11. The van der Waals surface area contributed by atoms with Gasteiger partial charge in [-0.3, -0.25) is 5.41 Å². The lowest BCUT2D eigenvalue weighted by molar-refractivity contribution is -0.151. The third-order valence-electron chi connectivity index (χ3n) is 2.84. The highest BCUT2D eigenvalue weighted by atomic mass is 32.2. The summed E-state index contributed by atoms with van der Waals surface area (Å²) < 4.78 is 0. The molecule has 2 aromatic rings. The Morgan fingerprint density at radius 1 is 1.05 bits per heavy atom. The summed E-state index contributed by atoms with van der Waals surface area (Å²) >= 11 is 0.893. The van der Waals surface area contributed by atoms with Crippen molar-refractivity contribution in [3.63, 3.8) is 0 Å². The Hall–Kier alpha value is -2.31. The molecule has 0 aliphatic carbocycles. The van der Waals surface area contributed by atoms with E-state index in [4.69, 9.17) is 10.7 Å². The number of aryl methyl sites for hydroxylation is 2. The fraction of sp³-hybridized carbons (Fsp3) is 0.125. The van der Waals surface area contributed by atoms with Gasteiger partial charge in [0.25, 0.3) is 5.23 Å². The van der Waals surface area contributed by atoms with Gasteiger partial charge in [-0.05, 0) is 38.1 Å². The van der Waals surface area contributed by atoms with Crippen LogP contribution in [0.1, 0.15) is 11.1 Å². The number of aliphatic imine (C=N–C) groups is 1. The van der Waals surface area contributed by atoms with Crippen molar-refractivity contribution in [3.8, 4) is 0 Å². The molecule has 3 N–H and O–H groups in total. The molecule has 0 amide bonds. The van der Waals surface area contributed by atoms with Crippen LogP contribution in [-0.2, 0) is 4.89 Å². The summed E-state index contributed by atoms with van der Waals surface area (Å²) in [6, 6.07) is 15.5. The van der Waals surface area contributed by atoms with Crippen LogP contribution in [0.15, 0.2) is 53.5 Å². The Morgan fingerprint density at radius 3 is 2.14 bits per heavy atom. The molecule has 0 atom stereocenters. The van der Waals surface area contributed by atoms with E-state index in [0.29, 0.717) is 5.17 Å². The fourth-order valence-corrected chi connectivity index (χ4v) is 2.21. The maximum Gasteiger partial charge on any atom is 0.291 e. The second kappa shape index (κ2) is 7.63. The molecule has 22 heavy (non-hydrogen) atoms. The molecule has 0 saturated carbocycles. The third-order valence-corrected chi connectivity index (χ3v) is 3.49. The summed E-state index contributed by atoms with van der Waals surface area (Å²) in [6.45, 7) is 4.01. The van der Waals surface area contributed by atoms with Crippen molar-refractivity contribution in [2.24, 2.45) is 4.99 Å². The van der Waals surface area contributed by atoms with Crippen LogP contribution in [0.3, 0.4) is 0 Å². The van der Waals surface area contributed by atoms with E-state index in [-0.39, 0.29) is 5.23 Å². The minimum atomic E-state index is -0.356. The van der Waals surface area contributed by atoms with Gasteiger partial charge in [0.05, 0.1) is 5.69 Å². The van der Waals surface area contributed by atoms with Gasteiger partial charge >= 0.3 is 0 Å². The number of benzene rings is 2. The van der Waals surface area contributed by atoms with E-state index >= 15 is 0 Å². The van der Waals surface area contributed by atoms with Crippen molar-refractivity contribution in [1.29, 1.82) is 5.41 Å².